The molecule has 25 heteroatoms. The first-order chi connectivity index (χ1) is 31.5. The van der Waals surface area contributed by atoms with Gasteiger partial charge in [0.25, 0.3) is 0 Å². The molecule has 0 aromatic carbocycles. The molecular weight excluding hydrogens is 917 g/mol. The minimum Gasteiger partial charge on any atom is -0.394 e. The lowest BCUT2D eigenvalue weighted by molar-refractivity contribution is -0.132. The Kier molecular flexibility index (Phi) is 38.7. The van der Waals surface area contributed by atoms with Crippen LogP contribution in [-0.2, 0) is 28.7 Å². The van der Waals surface area contributed by atoms with E-state index in [0.29, 0.717) is 26.3 Å². The van der Waals surface area contributed by atoms with Crippen molar-refractivity contribution in [3.8, 4) is 0 Å². The molecule has 0 radical (unpaired) electrons. The summed E-state index contributed by atoms with van der Waals surface area (Å²) in [6.07, 6.45) is -19.3. The molecule has 0 saturated heterocycles. The van der Waals surface area contributed by atoms with Gasteiger partial charge in [0, 0.05) is 63.1 Å². The topological polar surface area (TPSA) is 422 Å². The molecule has 0 aromatic rings. The minimum atomic E-state index is -1.93. The molecule has 412 valence electrons. The number of hydrogen-bond acceptors (Lipinski definition) is 21. The fourth-order valence-electron chi connectivity index (χ4n) is 5.60. The predicted octanol–water partition coefficient (Wildman–Crippen LogP) is -6.04. The smallest absolute Gasteiger partial charge is 0.242 e. The lowest BCUT2D eigenvalue weighted by Crippen LogP contribution is -2.53. The second-order valence-corrected chi connectivity index (χ2v) is 18.4. The third-order valence-corrected chi connectivity index (χ3v) is 10.0. The number of aliphatic hydroxyl groups excluding tert-OH is 13. The van der Waals surface area contributed by atoms with Crippen molar-refractivity contribution >= 4 is 23.6 Å². The van der Waals surface area contributed by atoms with Gasteiger partial charge in [-0.3, -0.25) is 19.2 Å². The highest BCUT2D eigenvalue weighted by atomic mass is 16.5. The largest absolute Gasteiger partial charge is 0.394 e. The van der Waals surface area contributed by atoms with E-state index in [1.54, 1.807) is 13.8 Å². The summed E-state index contributed by atoms with van der Waals surface area (Å²) >= 11 is 0. The van der Waals surface area contributed by atoms with E-state index in [9.17, 15) is 80.5 Å². The lowest BCUT2D eigenvalue weighted by atomic mass is 10.0. The van der Waals surface area contributed by atoms with Crippen LogP contribution in [0.4, 0.5) is 0 Å². The molecular formula is C44H92N6O19. The molecule has 25 nitrogen and oxygen atoms in total. The van der Waals surface area contributed by atoms with Crippen LogP contribution in [0.25, 0.3) is 0 Å². The van der Waals surface area contributed by atoms with E-state index in [0.717, 1.165) is 0 Å². The highest BCUT2D eigenvalue weighted by Crippen LogP contribution is 2.10. The lowest BCUT2D eigenvalue weighted by Gasteiger charge is -2.26. The molecule has 0 aliphatic heterocycles. The van der Waals surface area contributed by atoms with Gasteiger partial charge in [-0.25, -0.2) is 0 Å². The summed E-state index contributed by atoms with van der Waals surface area (Å²) < 4.78 is 10.8. The summed E-state index contributed by atoms with van der Waals surface area (Å²) in [6.45, 7) is 15.5. The van der Waals surface area contributed by atoms with E-state index in [-0.39, 0.29) is 82.7 Å². The van der Waals surface area contributed by atoms with Crippen LogP contribution in [0, 0.1) is 0 Å². The number of carbonyl (C=O) groups excluding carboxylic acids is 4. The first kappa shape index (κ1) is 70.5. The normalized spacial score (nSPS) is 17.6. The van der Waals surface area contributed by atoms with Crippen LogP contribution in [0.15, 0.2) is 0 Å². The highest BCUT2D eigenvalue weighted by Gasteiger charge is 2.33. The Morgan fingerprint density at radius 1 is 0.464 bits per heavy atom. The van der Waals surface area contributed by atoms with Crippen molar-refractivity contribution in [2.45, 2.75) is 192 Å². The Morgan fingerprint density at radius 2 is 0.797 bits per heavy atom. The standard InChI is InChI=1S/C27H54N4O13.C16H34N2O6.CH4/c1-5-16(33)22(39)23(40)17(34)12-28-20(37)7-6-15(31-21(38)8-10-44-11-9-30-27(2,3)4)26(43)29-13-18(35)24(41)25(42)19(36)14-32;1-5-11(19)14(22)15(23)12(20)10-17-13(21)6-8-24-9-7-18-16(2,3)4;/h15-19,22-25,30,32-36,39-42H,5-14H2,1-4H3,(H,28,37)(H,29,43)(H,31,38);11-12,14-15,18-20,22-23H,5-10H2,1-4H3,(H,17,21);1H4/t15?,16-,17+,18+,19-,22-,23-,24-,25-;11-,12+,14-,15-;/m11./s1. The molecule has 4 amide bonds. The maximum atomic E-state index is 12.8. The van der Waals surface area contributed by atoms with Crippen molar-refractivity contribution in [2.75, 3.05) is 65.8 Å². The fourth-order valence-corrected chi connectivity index (χ4v) is 5.60. The average molecular weight is 1010 g/mol. The van der Waals surface area contributed by atoms with Gasteiger partial charge in [-0.1, -0.05) is 21.3 Å². The fraction of sp³-hybridized carbons (Fsp3) is 0.909. The van der Waals surface area contributed by atoms with Gasteiger partial charge in [0.1, 0.15) is 48.8 Å². The van der Waals surface area contributed by atoms with E-state index in [1.807, 2.05) is 20.8 Å². The number of nitrogens with one attached hydrogen (secondary N) is 6. The van der Waals surface area contributed by atoms with Crippen LogP contribution in [0.5, 0.6) is 0 Å². The number of hydrogen-bond donors (Lipinski definition) is 19. The Balaban J connectivity index is -0.00000147. The van der Waals surface area contributed by atoms with Crippen LogP contribution >= 0.6 is 0 Å². The zero-order valence-electron chi connectivity index (χ0n) is 41.1. The number of carbonyl (C=O) groups is 4. The second-order valence-electron chi connectivity index (χ2n) is 18.4. The van der Waals surface area contributed by atoms with E-state index < -0.39 is 117 Å². The maximum absolute atomic E-state index is 12.8. The average Bonchev–Trinajstić information content (AvgIpc) is 3.29. The van der Waals surface area contributed by atoms with Gasteiger partial charge < -0.3 is 108 Å². The van der Waals surface area contributed by atoms with Gasteiger partial charge in [-0.2, -0.15) is 0 Å². The third kappa shape index (κ3) is 34.2. The van der Waals surface area contributed by atoms with Crippen LogP contribution in [0.2, 0.25) is 0 Å². The van der Waals surface area contributed by atoms with E-state index in [1.165, 1.54) is 0 Å². The number of aliphatic hydroxyl groups is 13. The molecule has 0 aliphatic rings. The van der Waals surface area contributed by atoms with Gasteiger partial charge in [0.15, 0.2) is 0 Å². The van der Waals surface area contributed by atoms with Gasteiger partial charge in [-0.15, -0.1) is 0 Å². The Bertz CT molecular complexity index is 1360. The number of amides is 4. The van der Waals surface area contributed by atoms with Crippen molar-refractivity contribution in [1.82, 2.24) is 31.9 Å². The monoisotopic (exact) mass is 1010 g/mol. The van der Waals surface area contributed by atoms with Crippen molar-refractivity contribution in [3.05, 3.63) is 0 Å². The zero-order valence-corrected chi connectivity index (χ0v) is 41.1. The molecule has 0 aliphatic carbocycles. The molecule has 0 rings (SSSR count). The van der Waals surface area contributed by atoms with Gasteiger partial charge >= 0.3 is 0 Å². The molecule has 19 N–H and O–H groups in total. The third-order valence-electron chi connectivity index (χ3n) is 10.0. The van der Waals surface area contributed by atoms with Crippen LogP contribution in [0.3, 0.4) is 0 Å². The zero-order chi connectivity index (χ0) is 52.8. The molecule has 0 fully saturated rings. The van der Waals surface area contributed by atoms with Crippen molar-refractivity contribution < 1.29 is 95.0 Å². The Hall–Kier alpha value is -2.80. The van der Waals surface area contributed by atoms with Crippen molar-refractivity contribution in [3.63, 3.8) is 0 Å². The summed E-state index contributed by atoms with van der Waals surface area (Å²) in [5.74, 6) is -2.44. The molecule has 1 unspecified atom stereocenters. The molecule has 69 heavy (non-hydrogen) atoms. The summed E-state index contributed by atoms with van der Waals surface area (Å²) in [5, 5.41) is 142. The molecule has 0 bridgehead atoms. The molecule has 13 atom stereocenters. The van der Waals surface area contributed by atoms with Gasteiger partial charge in [0.05, 0.1) is 63.6 Å². The van der Waals surface area contributed by atoms with E-state index in [4.69, 9.17) is 14.6 Å². The highest BCUT2D eigenvalue weighted by molar-refractivity contribution is 5.88. The van der Waals surface area contributed by atoms with E-state index >= 15 is 0 Å². The van der Waals surface area contributed by atoms with Crippen LogP contribution in [-0.4, -0.2) is 246 Å². The summed E-state index contributed by atoms with van der Waals surface area (Å²) in [6, 6.07) is -1.30. The Labute approximate surface area is 407 Å². The molecule has 0 spiro atoms. The first-order valence-electron chi connectivity index (χ1n) is 23.1. The summed E-state index contributed by atoms with van der Waals surface area (Å²) in [4.78, 5) is 49.3. The summed E-state index contributed by atoms with van der Waals surface area (Å²) in [7, 11) is 0. The summed E-state index contributed by atoms with van der Waals surface area (Å²) in [5.41, 5.74) is -0.0850. The van der Waals surface area contributed by atoms with Crippen LogP contribution < -0.4 is 31.9 Å². The quantitative estimate of drug-likeness (QED) is 0.0263. The Morgan fingerprint density at radius 3 is 1.16 bits per heavy atom. The van der Waals surface area contributed by atoms with Crippen molar-refractivity contribution in [1.29, 1.82) is 0 Å². The molecule has 0 saturated carbocycles. The maximum Gasteiger partial charge on any atom is 0.242 e. The predicted molar refractivity (Wildman–Crippen MR) is 253 cm³/mol. The first-order valence-corrected chi connectivity index (χ1v) is 23.1. The molecule has 0 heterocycles. The second kappa shape index (κ2) is 37.9. The minimum absolute atomic E-state index is 0. The van der Waals surface area contributed by atoms with Gasteiger partial charge in [0.2, 0.25) is 23.6 Å². The van der Waals surface area contributed by atoms with Crippen molar-refractivity contribution in [2.24, 2.45) is 0 Å². The SMILES string of the molecule is C.CC[C@@H](O)[C@@H](O)[C@H](O)[C@@H](O)CNC(=O)CCC(NC(=O)CCOCCNC(C)(C)C)C(=O)NC[C@H](O)[C@@H](O)[C@H](O)[C@H](O)CO.CC[C@@H](O)[C@@H](O)[C@H](O)[C@@H](O)CNC(=O)CCOCCNC(C)(C)C. The molecule has 0 aromatic heterocycles. The number of rotatable bonds is 35. The van der Waals surface area contributed by atoms with E-state index in [2.05, 4.69) is 52.7 Å². The number of ether oxygens (including phenoxy) is 2. The van der Waals surface area contributed by atoms with Crippen LogP contribution in [0.1, 0.15) is 101 Å². The van der Waals surface area contributed by atoms with Gasteiger partial charge in [-0.05, 0) is 60.8 Å².